The second-order valence-electron chi connectivity index (χ2n) is 10.9. The van der Waals surface area contributed by atoms with E-state index in [9.17, 15) is 0 Å². The Morgan fingerprint density at radius 3 is 1.68 bits per heavy atom. The van der Waals surface area contributed by atoms with Crippen molar-refractivity contribution in [3.05, 3.63) is 152 Å². The van der Waals surface area contributed by atoms with E-state index in [1.165, 1.54) is 81.7 Å². The zero-order valence-electron chi connectivity index (χ0n) is 22.4. The van der Waals surface area contributed by atoms with Gasteiger partial charge in [-0.05, 0) is 73.1 Å². The molecule has 0 aliphatic rings. The van der Waals surface area contributed by atoms with Crippen molar-refractivity contribution in [1.29, 1.82) is 0 Å². The van der Waals surface area contributed by atoms with Crippen molar-refractivity contribution in [1.82, 2.24) is 4.57 Å². The maximum atomic E-state index is 2.48. The van der Waals surface area contributed by atoms with Gasteiger partial charge in [0, 0.05) is 21.8 Å². The van der Waals surface area contributed by atoms with Crippen molar-refractivity contribution in [3.8, 4) is 16.8 Å². The van der Waals surface area contributed by atoms with Crippen LogP contribution in [0.15, 0.2) is 152 Å². The molecule has 0 saturated carbocycles. The second-order valence-corrected chi connectivity index (χ2v) is 10.9. The van der Waals surface area contributed by atoms with Crippen molar-refractivity contribution in [2.24, 2.45) is 0 Å². The van der Waals surface area contributed by atoms with Gasteiger partial charge in [0.2, 0.25) is 0 Å². The molecule has 1 nitrogen and oxygen atoms in total. The molecule has 41 heavy (non-hydrogen) atoms. The lowest BCUT2D eigenvalue weighted by molar-refractivity contribution is 1.19. The van der Waals surface area contributed by atoms with Crippen molar-refractivity contribution in [3.63, 3.8) is 0 Å². The lowest BCUT2D eigenvalue weighted by atomic mass is 9.96. The van der Waals surface area contributed by atoms with E-state index in [4.69, 9.17) is 0 Å². The van der Waals surface area contributed by atoms with E-state index in [2.05, 4.69) is 156 Å². The van der Waals surface area contributed by atoms with Gasteiger partial charge in [-0.1, -0.05) is 127 Å². The smallest absolute Gasteiger partial charge is 0.0625 e. The van der Waals surface area contributed by atoms with Crippen molar-refractivity contribution in [2.45, 2.75) is 0 Å². The number of aromatic nitrogens is 1. The van der Waals surface area contributed by atoms with Gasteiger partial charge in [0.25, 0.3) is 0 Å². The topological polar surface area (TPSA) is 4.93 Å². The number of fused-ring (bicyclic) bond motifs is 10. The minimum Gasteiger partial charge on any atom is -0.309 e. The second kappa shape index (κ2) is 8.55. The Morgan fingerprint density at radius 2 is 0.927 bits per heavy atom. The van der Waals surface area contributed by atoms with Crippen LogP contribution in [0.25, 0.3) is 81.7 Å². The summed E-state index contributed by atoms with van der Waals surface area (Å²) in [6.07, 6.45) is 0. The van der Waals surface area contributed by atoms with E-state index >= 15 is 0 Å². The fourth-order valence-corrected chi connectivity index (χ4v) is 6.90. The van der Waals surface area contributed by atoms with Gasteiger partial charge in [-0.3, -0.25) is 0 Å². The monoisotopic (exact) mass is 519 g/mol. The molecular weight excluding hydrogens is 494 g/mol. The molecule has 0 aliphatic carbocycles. The lowest BCUT2D eigenvalue weighted by Gasteiger charge is -2.13. The molecular formula is C40H25N. The fraction of sp³-hybridized carbons (Fsp3) is 0. The van der Waals surface area contributed by atoms with Crippen molar-refractivity contribution < 1.29 is 0 Å². The molecule has 190 valence electrons. The molecule has 1 heteroatoms. The van der Waals surface area contributed by atoms with Crippen LogP contribution in [0.2, 0.25) is 0 Å². The Kier molecular flexibility index (Phi) is 4.67. The zero-order valence-corrected chi connectivity index (χ0v) is 22.4. The van der Waals surface area contributed by atoms with Crippen LogP contribution >= 0.6 is 0 Å². The number of rotatable bonds is 2. The van der Waals surface area contributed by atoms with Gasteiger partial charge in [-0.2, -0.15) is 0 Å². The molecule has 0 saturated heterocycles. The Balaban J connectivity index is 1.41. The highest BCUT2D eigenvalue weighted by molar-refractivity contribution is 6.32. The van der Waals surface area contributed by atoms with E-state index in [1.54, 1.807) is 0 Å². The summed E-state index contributed by atoms with van der Waals surface area (Å²) >= 11 is 0. The van der Waals surface area contributed by atoms with Crippen LogP contribution in [0, 0.1) is 0 Å². The molecule has 0 spiro atoms. The van der Waals surface area contributed by atoms with E-state index in [0.29, 0.717) is 0 Å². The van der Waals surface area contributed by atoms with Gasteiger partial charge in [-0.25, -0.2) is 0 Å². The Labute approximate surface area is 237 Å². The Hall–Kier alpha value is -5.40. The van der Waals surface area contributed by atoms with Crippen LogP contribution in [0.5, 0.6) is 0 Å². The maximum absolute atomic E-state index is 2.48. The summed E-state index contributed by atoms with van der Waals surface area (Å²) in [5, 5.41) is 12.8. The Morgan fingerprint density at radius 1 is 0.366 bits per heavy atom. The van der Waals surface area contributed by atoms with Gasteiger partial charge < -0.3 is 4.57 Å². The first kappa shape index (κ1) is 22.4. The van der Waals surface area contributed by atoms with Gasteiger partial charge in [0.1, 0.15) is 0 Å². The highest BCUT2D eigenvalue weighted by Gasteiger charge is 2.19. The zero-order chi connectivity index (χ0) is 26.9. The van der Waals surface area contributed by atoms with Gasteiger partial charge in [0.15, 0.2) is 0 Å². The van der Waals surface area contributed by atoms with Crippen LogP contribution in [0.1, 0.15) is 0 Å². The summed E-state index contributed by atoms with van der Waals surface area (Å²) in [4.78, 5) is 0. The first-order valence-electron chi connectivity index (χ1n) is 14.2. The predicted molar refractivity (Wildman–Crippen MR) is 176 cm³/mol. The summed E-state index contributed by atoms with van der Waals surface area (Å²) in [5.41, 5.74) is 6.16. The molecule has 9 rings (SSSR count). The summed E-state index contributed by atoms with van der Waals surface area (Å²) in [6.45, 7) is 0. The molecule has 0 radical (unpaired) electrons. The van der Waals surface area contributed by atoms with Crippen LogP contribution in [0.4, 0.5) is 0 Å². The standard InChI is InChI=1S/C40H25N/c1-2-12-29-25-38-37(24-28(29)11-1)39-35-17-7-5-15-33(35)34-16-6-8-18-36(34)40(39)41(38)30-22-20-27(21-23-30)32-19-9-13-26-10-3-4-14-31(26)32/h1-25H. The molecule has 0 unspecified atom stereocenters. The average molecular weight is 520 g/mol. The normalized spacial score (nSPS) is 11.9. The third-order valence-corrected chi connectivity index (χ3v) is 8.73. The first-order chi connectivity index (χ1) is 20.3. The Bertz CT molecular complexity index is 2450. The number of nitrogens with zero attached hydrogens (tertiary/aromatic N) is 1. The van der Waals surface area contributed by atoms with Crippen LogP contribution in [-0.2, 0) is 0 Å². The molecule has 0 bridgehead atoms. The quantitative estimate of drug-likeness (QED) is 0.200. The minimum absolute atomic E-state index is 1.17. The van der Waals surface area contributed by atoms with E-state index in [0.717, 1.165) is 0 Å². The molecule has 0 fully saturated rings. The third kappa shape index (κ3) is 3.24. The maximum Gasteiger partial charge on any atom is 0.0625 e. The molecule has 8 aromatic carbocycles. The number of hydrogen-bond acceptors (Lipinski definition) is 0. The number of benzene rings is 8. The van der Waals surface area contributed by atoms with E-state index < -0.39 is 0 Å². The summed E-state index contributed by atoms with van der Waals surface area (Å²) in [7, 11) is 0. The van der Waals surface area contributed by atoms with E-state index in [1.807, 2.05) is 0 Å². The van der Waals surface area contributed by atoms with Gasteiger partial charge in [-0.15, -0.1) is 0 Å². The molecule has 9 aromatic rings. The largest absolute Gasteiger partial charge is 0.309 e. The van der Waals surface area contributed by atoms with Crippen LogP contribution < -0.4 is 0 Å². The fourth-order valence-electron chi connectivity index (χ4n) is 6.90. The SMILES string of the molecule is c1ccc2cc3c(cc2c1)c1c2ccccc2c2ccccc2c1n3-c1ccc(-c2cccc3ccccc23)cc1. The molecule has 0 atom stereocenters. The third-order valence-electron chi connectivity index (χ3n) is 8.73. The van der Waals surface area contributed by atoms with Crippen molar-refractivity contribution in [2.75, 3.05) is 0 Å². The highest BCUT2D eigenvalue weighted by atomic mass is 15.0. The summed E-state index contributed by atoms with van der Waals surface area (Å²) < 4.78 is 2.48. The number of hydrogen-bond donors (Lipinski definition) is 0. The molecule has 1 aromatic heterocycles. The minimum atomic E-state index is 1.17. The van der Waals surface area contributed by atoms with Crippen LogP contribution in [0.3, 0.4) is 0 Å². The highest BCUT2D eigenvalue weighted by Crippen LogP contribution is 2.43. The van der Waals surface area contributed by atoms with E-state index in [-0.39, 0.29) is 0 Å². The molecule has 1 heterocycles. The molecule has 0 aliphatic heterocycles. The van der Waals surface area contributed by atoms with Gasteiger partial charge in [0.05, 0.1) is 11.0 Å². The van der Waals surface area contributed by atoms with Crippen molar-refractivity contribution >= 4 is 64.9 Å². The molecule has 0 N–H and O–H groups in total. The summed E-state index contributed by atoms with van der Waals surface area (Å²) in [6, 6.07) is 55.5. The predicted octanol–water partition coefficient (Wildman–Crippen LogP) is 11.1. The molecule has 0 amide bonds. The summed E-state index contributed by atoms with van der Waals surface area (Å²) in [5.74, 6) is 0. The van der Waals surface area contributed by atoms with Crippen LogP contribution in [-0.4, -0.2) is 4.57 Å². The van der Waals surface area contributed by atoms with Gasteiger partial charge >= 0.3 is 0 Å². The first-order valence-corrected chi connectivity index (χ1v) is 14.2. The lowest BCUT2D eigenvalue weighted by Crippen LogP contribution is -1.95. The average Bonchev–Trinajstić information content (AvgIpc) is 3.38.